The van der Waals surface area contributed by atoms with Crippen LogP contribution in [0.2, 0.25) is 0 Å². The summed E-state index contributed by atoms with van der Waals surface area (Å²) in [6.07, 6.45) is 2.54. The van der Waals surface area contributed by atoms with Crippen LogP contribution in [0.3, 0.4) is 0 Å². The maximum atomic E-state index is 12.9. The number of piperazine rings is 1. The van der Waals surface area contributed by atoms with Gasteiger partial charge in [0.1, 0.15) is 0 Å². The van der Waals surface area contributed by atoms with Crippen LogP contribution in [0.1, 0.15) is 15.9 Å². The molecule has 1 amide bonds. The molecule has 0 radical (unpaired) electrons. The Balaban J connectivity index is 1.26. The smallest absolute Gasteiger partial charge is 0.253 e. The van der Waals surface area contributed by atoms with Crippen LogP contribution in [-0.2, 0) is 6.42 Å². The van der Waals surface area contributed by atoms with E-state index in [1.165, 1.54) is 5.56 Å². The Morgan fingerprint density at radius 1 is 1.03 bits per heavy atom. The van der Waals surface area contributed by atoms with E-state index < -0.39 is 0 Å². The van der Waals surface area contributed by atoms with Crippen LogP contribution in [-0.4, -0.2) is 65.7 Å². The van der Waals surface area contributed by atoms with Gasteiger partial charge in [-0.3, -0.25) is 4.79 Å². The summed E-state index contributed by atoms with van der Waals surface area (Å²) in [6, 6.07) is 17.8. The van der Waals surface area contributed by atoms with E-state index in [1.54, 1.807) is 12.3 Å². The second kappa shape index (κ2) is 9.46. The third-order valence-electron chi connectivity index (χ3n) is 6.42. The summed E-state index contributed by atoms with van der Waals surface area (Å²) in [4.78, 5) is 20.6. The molecule has 1 saturated heterocycles. The number of hydrogen-bond acceptors (Lipinski definition) is 5. The van der Waals surface area contributed by atoms with E-state index in [9.17, 15) is 4.79 Å². The highest BCUT2D eigenvalue weighted by Crippen LogP contribution is 2.26. The van der Waals surface area contributed by atoms with Gasteiger partial charge in [-0.15, -0.1) is 0 Å². The van der Waals surface area contributed by atoms with Crippen molar-refractivity contribution >= 4 is 39.0 Å². The van der Waals surface area contributed by atoms with Crippen LogP contribution in [0.5, 0.6) is 0 Å². The number of carbonyl (C=O) groups is 1. The molecule has 7 heteroatoms. The van der Waals surface area contributed by atoms with Crippen molar-refractivity contribution in [2.24, 2.45) is 0 Å². The Kier molecular flexibility index (Phi) is 6.07. The fraction of sp³-hybridized carbons (Fsp3) is 0.259. The molecule has 1 fully saturated rings. The standard InChI is InChI=1S/C27H26N6O/c1-28-23-7-8-25-24(17-23)26(18-30-31-25)29-10-9-19-3-4-21-16-22(6-5-20(21)15-19)27(34)33-13-11-32(2)12-14-33/h3-8,15-18H,9-14H2,2H3,(H,29,31). The molecule has 1 aliphatic rings. The Labute approximate surface area is 198 Å². The maximum Gasteiger partial charge on any atom is 0.253 e. The number of hydrogen-bond donors (Lipinski definition) is 1. The zero-order valence-corrected chi connectivity index (χ0v) is 19.2. The van der Waals surface area contributed by atoms with E-state index in [4.69, 9.17) is 6.57 Å². The van der Waals surface area contributed by atoms with Gasteiger partial charge in [-0.25, -0.2) is 4.85 Å². The van der Waals surface area contributed by atoms with Crippen LogP contribution >= 0.6 is 0 Å². The topological polar surface area (TPSA) is 65.7 Å². The highest BCUT2D eigenvalue weighted by Gasteiger charge is 2.20. The van der Waals surface area contributed by atoms with Crippen LogP contribution in [0.15, 0.2) is 60.8 Å². The van der Waals surface area contributed by atoms with Gasteiger partial charge in [0.05, 0.1) is 24.0 Å². The molecule has 7 nitrogen and oxygen atoms in total. The van der Waals surface area contributed by atoms with E-state index in [0.29, 0.717) is 5.69 Å². The molecule has 3 aromatic carbocycles. The lowest BCUT2D eigenvalue weighted by Crippen LogP contribution is -2.47. The lowest BCUT2D eigenvalue weighted by Gasteiger charge is -2.32. The van der Waals surface area contributed by atoms with Gasteiger partial charge in [0.2, 0.25) is 0 Å². The van der Waals surface area contributed by atoms with Crippen molar-refractivity contribution in [3.8, 4) is 0 Å². The van der Waals surface area contributed by atoms with Crippen molar-refractivity contribution in [3.05, 3.63) is 83.3 Å². The first kappa shape index (κ1) is 21.8. The first-order chi connectivity index (χ1) is 16.6. The Bertz CT molecular complexity index is 1400. The number of carbonyl (C=O) groups excluding carboxylic acids is 1. The van der Waals surface area contributed by atoms with Crippen LogP contribution < -0.4 is 5.32 Å². The fourth-order valence-electron chi connectivity index (χ4n) is 4.37. The molecule has 0 atom stereocenters. The molecule has 4 aromatic rings. The van der Waals surface area contributed by atoms with Gasteiger partial charge in [-0.2, -0.15) is 10.2 Å². The van der Waals surface area contributed by atoms with Crippen molar-refractivity contribution in [2.75, 3.05) is 45.1 Å². The summed E-state index contributed by atoms with van der Waals surface area (Å²) in [5.74, 6) is 0.114. The van der Waals surface area contributed by atoms with Crippen LogP contribution in [0, 0.1) is 6.57 Å². The molecule has 0 aliphatic carbocycles. The number of likely N-dealkylation sites (N-methyl/N-ethyl adjacent to an activating group) is 1. The van der Waals surface area contributed by atoms with Gasteiger partial charge < -0.3 is 15.1 Å². The minimum absolute atomic E-state index is 0.114. The summed E-state index contributed by atoms with van der Waals surface area (Å²) in [6.45, 7) is 11.4. The molecule has 34 heavy (non-hydrogen) atoms. The van der Waals surface area contributed by atoms with Gasteiger partial charge in [0, 0.05) is 43.7 Å². The number of aromatic nitrogens is 2. The third kappa shape index (κ3) is 4.54. The third-order valence-corrected chi connectivity index (χ3v) is 6.42. The monoisotopic (exact) mass is 450 g/mol. The van der Waals surface area contributed by atoms with E-state index in [-0.39, 0.29) is 5.91 Å². The molecule has 0 unspecified atom stereocenters. The minimum atomic E-state index is 0.114. The number of benzene rings is 3. The first-order valence-corrected chi connectivity index (χ1v) is 11.5. The van der Waals surface area contributed by atoms with Crippen molar-refractivity contribution in [3.63, 3.8) is 0 Å². The molecular weight excluding hydrogens is 424 g/mol. The van der Waals surface area contributed by atoms with Gasteiger partial charge in [0.25, 0.3) is 5.91 Å². The average molecular weight is 451 g/mol. The summed E-state index contributed by atoms with van der Waals surface area (Å²) in [5.41, 5.74) is 4.20. The molecule has 0 saturated carbocycles. The van der Waals surface area contributed by atoms with E-state index in [2.05, 4.69) is 50.5 Å². The lowest BCUT2D eigenvalue weighted by atomic mass is 10.0. The molecule has 170 valence electrons. The van der Waals surface area contributed by atoms with E-state index in [1.807, 2.05) is 35.2 Å². The number of fused-ring (bicyclic) bond motifs is 2. The summed E-state index contributed by atoms with van der Waals surface area (Å²) >= 11 is 0. The summed E-state index contributed by atoms with van der Waals surface area (Å²) in [7, 11) is 2.09. The van der Waals surface area contributed by atoms with Crippen molar-refractivity contribution in [2.45, 2.75) is 6.42 Å². The molecule has 5 rings (SSSR count). The maximum absolute atomic E-state index is 12.9. The molecule has 0 spiro atoms. The zero-order valence-electron chi connectivity index (χ0n) is 19.2. The zero-order chi connectivity index (χ0) is 23.5. The molecular formula is C27H26N6O. The lowest BCUT2D eigenvalue weighted by molar-refractivity contribution is 0.0664. The number of nitrogens with zero attached hydrogens (tertiary/aromatic N) is 5. The van der Waals surface area contributed by atoms with Gasteiger partial charge in [0.15, 0.2) is 5.69 Å². The summed E-state index contributed by atoms with van der Waals surface area (Å²) < 4.78 is 0. The second-order valence-corrected chi connectivity index (χ2v) is 8.74. The van der Waals surface area contributed by atoms with Crippen molar-refractivity contribution in [1.29, 1.82) is 0 Å². The number of nitrogens with one attached hydrogen (secondary N) is 1. The van der Waals surface area contributed by atoms with E-state index in [0.717, 1.165) is 72.1 Å². The normalized spacial score (nSPS) is 14.3. The predicted octanol–water partition coefficient (Wildman–Crippen LogP) is 4.38. The van der Waals surface area contributed by atoms with Gasteiger partial charge >= 0.3 is 0 Å². The van der Waals surface area contributed by atoms with Crippen LogP contribution in [0.4, 0.5) is 11.4 Å². The second-order valence-electron chi connectivity index (χ2n) is 8.74. The SMILES string of the molecule is [C-]#[N+]c1ccc2nncc(NCCc3ccc4cc(C(=O)N5CCN(C)CC5)ccc4c3)c2c1. The van der Waals surface area contributed by atoms with Crippen molar-refractivity contribution in [1.82, 2.24) is 20.0 Å². The largest absolute Gasteiger partial charge is 0.383 e. The quantitative estimate of drug-likeness (QED) is 0.457. The first-order valence-electron chi connectivity index (χ1n) is 11.5. The number of rotatable bonds is 5. The number of amides is 1. The Morgan fingerprint density at radius 3 is 2.65 bits per heavy atom. The molecule has 2 heterocycles. The molecule has 0 bridgehead atoms. The Morgan fingerprint density at radius 2 is 1.82 bits per heavy atom. The predicted molar refractivity (Wildman–Crippen MR) is 135 cm³/mol. The molecule has 1 aromatic heterocycles. The highest BCUT2D eigenvalue weighted by atomic mass is 16.2. The fourth-order valence-corrected chi connectivity index (χ4v) is 4.37. The van der Waals surface area contributed by atoms with Crippen molar-refractivity contribution < 1.29 is 4.79 Å². The summed E-state index contributed by atoms with van der Waals surface area (Å²) in [5, 5.41) is 14.8. The van der Waals surface area contributed by atoms with Gasteiger partial charge in [-0.05, 0) is 54.1 Å². The van der Waals surface area contributed by atoms with Gasteiger partial charge in [-0.1, -0.05) is 30.3 Å². The van der Waals surface area contributed by atoms with E-state index >= 15 is 0 Å². The Hall–Kier alpha value is -4.02. The minimum Gasteiger partial charge on any atom is -0.383 e. The highest BCUT2D eigenvalue weighted by molar-refractivity contribution is 5.99. The van der Waals surface area contributed by atoms with Crippen LogP contribution in [0.25, 0.3) is 26.5 Å². The average Bonchev–Trinajstić information content (AvgIpc) is 2.88. The number of anilines is 1. The molecule has 1 N–H and O–H groups in total. The molecule has 1 aliphatic heterocycles.